The van der Waals surface area contributed by atoms with E-state index in [2.05, 4.69) is 4.72 Å². The number of nitrogens with one attached hydrogen (secondary N) is 1. The van der Waals surface area contributed by atoms with Gasteiger partial charge in [0, 0.05) is 0 Å². The second-order valence-corrected chi connectivity index (χ2v) is 6.70. The molecule has 21 heavy (non-hydrogen) atoms. The van der Waals surface area contributed by atoms with Gasteiger partial charge in [0.1, 0.15) is 10.7 Å². The molecule has 0 aliphatic heterocycles. The molecule has 112 valence electrons. The largest absolute Gasteiger partial charge is 0.397 e. The van der Waals surface area contributed by atoms with Gasteiger partial charge in [-0.1, -0.05) is 23.7 Å². The third-order valence-electron chi connectivity index (χ3n) is 3.05. The van der Waals surface area contributed by atoms with Gasteiger partial charge in [0.15, 0.2) is 0 Å². The molecular weight excluding hydrogens is 315 g/mol. The Bertz CT molecular complexity index is 807. The molecular formula is C14H14ClFN2O2S. The highest BCUT2D eigenvalue weighted by Gasteiger charge is 2.21. The van der Waals surface area contributed by atoms with Crippen molar-refractivity contribution >= 4 is 33.0 Å². The van der Waals surface area contributed by atoms with Crippen LogP contribution in [0, 0.1) is 19.7 Å². The molecule has 2 aromatic rings. The summed E-state index contributed by atoms with van der Waals surface area (Å²) in [6.07, 6.45) is 0. The molecule has 0 saturated heterocycles. The molecule has 2 aromatic carbocycles. The maximum atomic E-state index is 13.4. The first kappa shape index (κ1) is 15.6. The van der Waals surface area contributed by atoms with Crippen molar-refractivity contribution in [3.05, 3.63) is 52.3 Å². The van der Waals surface area contributed by atoms with E-state index >= 15 is 0 Å². The first-order valence-electron chi connectivity index (χ1n) is 6.06. The summed E-state index contributed by atoms with van der Waals surface area (Å²) < 4.78 is 40.6. The van der Waals surface area contributed by atoms with Crippen LogP contribution in [-0.2, 0) is 10.0 Å². The second kappa shape index (κ2) is 5.54. The monoisotopic (exact) mass is 328 g/mol. The molecule has 0 aromatic heterocycles. The summed E-state index contributed by atoms with van der Waals surface area (Å²) >= 11 is 5.57. The minimum atomic E-state index is -3.91. The summed E-state index contributed by atoms with van der Waals surface area (Å²) in [6, 6.07) is 7.08. The van der Waals surface area contributed by atoms with E-state index < -0.39 is 15.8 Å². The van der Waals surface area contributed by atoms with Gasteiger partial charge >= 0.3 is 0 Å². The summed E-state index contributed by atoms with van der Waals surface area (Å²) in [5, 5.41) is -0.0794. The number of halogens is 2. The SMILES string of the molecule is Cc1ccc(C)c(S(=O)(=O)Nc2ccc(Cl)c(F)c2)c1N. The predicted molar refractivity (Wildman–Crippen MR) is 82.5 cm³/mol. The van der Waals surface area contributed by atoms with Gasteiger partial charge in [-0.05, 0) is 43.2 Å². The van der Waals surface area contributed by atoms with Gasteiger partial charge in [0.25, 0.3) is 10.0 Å². The van der Waals surface area contributed by atoms with Gasteiger partial charge in [0.05, 0.1) is 16.4 Å². The third kappa shape index (κ3) is 3.11. The van der Waals surface area contributed by atoms with Crippen LogP contribution in [0.1, 0.15) is 11.1 Å². The van der Waals surface area contributed by atoms with Crippen LogP contribution in [0.3, 0.4) is 0 Å². The van der Waals surface area contributed by atoms with Gasteiger partial charge in [-0.15, -0.1) is 0 Å². The van der Waals surface area contributed by atoms with Crippen molar-refractivity contribution < 1.29 is 12.8 Å². The molecule has 0 fully saturated rings. The molecule has 0 bridgehead atoms. The van der Waals surface area contributed by atoms with Crippen LogP contribution >= 0.6 is 11.6 Å². The van der Waals surface area contributed by atoms with E-state index in [1.165, 1.54) is 12.1 Å². The molecule has 0 radical (unpaired) electrons. The van der Waals surface area contributed by atoms with E-state index in [-0.39, 0.29) is 21.3 Å². The lowest BCUT2D eigenvalue weighted by atomic mass is 10.1. The number of aryl methyl sites for hydroxylation is 2. The van der Waals surface area contributed by atoms with E-state index in [0.717, 1.165) is 6.07 Å². The summed E-state index contributed by atoms with van der Waals surface area (Å²) in [6.45, 7) is 3.36. The summed E-state index contributed by atoms with van der Waals surface area (Å²) in [5.41, 5.74) is 7.29. The molecule has 0 aliphatic rings. The number of nitrogens with two attached hydrogens (primary N) is 1. The summed E-state index contributed by atoms with van der Waals surface area (Å²) in [7, 11) is -3.91. The van der Waals surface area contributed by atoms with Crippen molar-refractivity contribution in [3.8, 4) is 0 Å². The lowest BCUT2D eigenvalue weighted by Gasteiger charge is -2.14. The van der Waals surface area contributed by atoms with Gasteiger partial charge in [-0.3, -0.25) is 4.72 Å². The van der Waals surface area contributed by atoms with E-state index in [1.807, 2.05) is 0 Å². The Morgan fingerprint density at radius 3 is 2.38 bits per heavy atom. The second-order valence-electron chi connectivity index (χ2n) is 4.68. The fourth-order valence-corrected chi connectivity index (χ4v) is 3.53. The maximum Gasteiger partial charge on any atom is 0.264 e. The van der Waals surface area contributed by atoms with Crippen LogP contribution in [0.2, 0.25) is 5.02 Å². The lowest BCUT2D eigenvalue weighted by Crippen LogP contribution is -2.17. The van der Waals surface area contributed by atoms with Crippen molar-refractivity contribution in [2.24, 2.45) is 0 Å². The number of benzene rings is 2. The van der Waals surface area contributed by atoms with Gasteiger partial charge in [-0.25, -0.2) is 12.8 Å². The average Bonchev–Trinajstić information content (AvgIpc) is 2.38. The molecule has 0 amide bonds. The highest BCUT2D eigenvalue weighted by atomic mass is 35.5. The quantitative estimate of drug-likeness (QED) is 0.847. The normalized spacial score (nSPS) is 11.4. The van der Waals surface area contributed by atoms with E-state index in [0.29, 0.717) is 11.1 Å². The number of hydrogen-bond donors (Lipinski definition) is 2. The molecule has 0 saturated carbocycles. The average molecular weight is 329 g/mol. The van der Waals surface area contributed by atoms with Crippen molar-refractivity contribution in [2.45, 2.75) is 18.7 Å². The van der Waals surface area contributed by atoms with Gasteiger partial charge < -0.3 is 5.73 Å². The number of sulfonamides is 1. The standard InChI is InChI=1S/C14H14ClFN2O2S/c1-8-3-4-9(2)14(13(8)17)21(19,20)18-10-5-6-11(15)12(16)7-10/h3-7,18H,17H2,1-2H3. The zero-order valence-electron chi connectivity index (χ0n) is 11.4. The van der Waals surface area contributed by atoms with Crippen molar-refractivity contribution in [3.63, 3.8) is 0 Å². The van der Waals surface area contributed by atoms with Crippen LogP contribution in [0.15, 0.2) is 35.2 Å². The molecule has 4 nitrogen and oxygen atoms in total. The number of hydrogen-bond acceptors (Lipinski definition) is 3. The summed E-state index contributed by atoms with van der Waals surface area (Å²) in [4.78, 5) is -0.00198. The first-order chi connectivity index (χ1) is 9.72. The highest BCUT2D eigenvalue weighted by molar-refractivity contribution is 7.93. The van der Waals surface area contributed by atoms with Crippen LogP contribution in [0.5, 0.6) is 0 Å². The van der Waals surface area contributed by atoms with Crippen LogP contribution in [-0.4, -0.2) is 8.42 Å². The summed E-state index contributed by atoms with van der Waals surface area (Å²) in [5.74, 6) is -0.703. The highest BCUT2D eigenvalue weighted by Crippen LogP contribution is 2.28. The number of rotatable bonds is 3. The maximum absolute atomic E-state index is 13.4. The predicted octanol–water partition coefficient (Wildman–Crippen LogP) is 3.48. The minimum absolute atomic E-state index is 0.00198. The van der Waals surface area contributed by atoms with Crippen LogP contribution in [0.25, 0.3) is 0 Å². The molecule has 3 N–H and O–H groups in total. The van der Waals surface area contributed by atoms with Crippen molar-refractivity contribution in [1.82, 2.24) is 0 Å². The van der Waals surface area contributed by atoms with Gasteiger partial charge in [-0.2, -0.15) is 0 Å². The Labute approximate surface area is 127 Å². The molecule has 2 rings (SSSR count). The van der Waals surface area contributed by atoms with E-state index in [9.17, 15) is 12.8 Å². The van der Waals surface area contributed by atoms with Gasteiger partial charge in [0.2, 0.25) is 0 Å². The minimum Gasteiger partial charge on any atom is -0.397 e. The number of anilines is 2. The van der Waals surface area contributed by atoms with Crippen molar-refractivity contribution in [2.75, 3.05) is 10.5 Å². The Kier molecular flexibility index (Phi) is 4.11. The smallest absolute Gasteiger partial charge is 0.264 e. The van der Waals surface area contributed by atoms with E-state index in [1.54, 1.807) is 26.0 Å². The zero-order chi connectivity index (χ0) is 15.8. The Morgan fingerprint density at radius 1 is 1.14 bits per heavy atom. The molecule has 0 spiro atoms. The molecule has 0 aliphatic carbocycles. The lowest BCUT2D eigenvalue weighted by molar-refractivity contribution is 0.601. The number of nitrogen functional groups attached to an aromatic ring is 1. The van der Waals surface area contributed by atoms with Crippen LogP contribution in [0.4, 0.5) is 15.8 Å². The molecule has 0 atom stereocenters. The van der Waals surface area contributed by atoms with Crippen molar-refractivity contribution in [1.29, 1.82) is 0 Å². The Balaban J connectivity index is 2.48. The Hall–Kier alpha value is -1.79. The molecule has 0 heterocycles. The fraction of sp³-hybridized carbons (Fsp3) is 0.143. The first-order valence-corrected chi connectivity index (χ1v) is 7.92. The molecule has 0 unspecified atom stereocenters. The fourth-order valence-electron chi connectivity index (χ4n) is 1.93. The zero-order valence-corrected chi connectivity index (χ0v) is 13.0. The van der Waals surface area contributed by atoms with E-state index in [4.69, 9.17) is 17.3 Å². The Morgan fingerprint density at radius 2 is 1.76 bits per heavy atom. The molecule has 7 heteroatoms. The third-order valence-corrected chi connectivity index (χ3v) is 4.94. The topological polar surface area (TPSA) is 72.2 Å². The van der Waals surface area contributed by atoms with Crippen LogP contribution < -0.4 is 10.5 Å².